The topological polar surface area (TPSA) is 47.6 Å². The summed E-state index contributed by atoms with van der Waals surface area (Å²) >= 11 is 0. The Hall–Kier alpha value is -1.55. The summed E-state index contributed by atoms with van der Waals surface area (Å²) in [5, 5.41) is 3.20. The van der Waals surface area contributed by atoms with E-state index in [4.69, 9.17) is 9.47 Å². The number of benzene rings is 1. The molecule has 1 aromatic rings. The summed E-state index contributed by atoms with van der Waals surface area (Å²) in [6.07, 6.45) is 0. The first-order valence-corrected chi connectivity index (χ1v) is 6.15. The molecule has 0 aliphatic carbocycles. The summed E-state index contributed by atoms with van der Waals surface area (Å²) < 4.78 is 10.3. The van der Waals surface area contributed by atoms with Crippen molar-refractivity contribution in [3.8, 4) is 5.75 Å². The first-order chi connectivity index (χ1) is 8.60. The van der Waals surface area contributed by atoms with Gasteiger partial charge in [0.1, 0.15) is 11.8 Å². The second-order valence-electron chi connectivity index (χ2n) is 4.10. The van der Waals surface area contributed by atoms with Gasteiger partial charge in [0, 0.05) is 11.6 Å². The van der Waals surface area contributed by atoms with E-state index < -0.39 is 0 Å². The van der Waals surface area contributed by atoms with Crippen molar-refractivity contribution in [3.63, 3.8) is 0 Å². The maximum absolute atomic E-state index is 11.5. The van der Waals surface area contributed by atoms with Gasteiger partial charge in [-0.1, -0.05) is 18.2 Å². The summed E-state index contributed by atoms with van der Waals surface area (Å²) in [7, 11) is 1.64. The number of para-hydroxylation sites is 1. The molecule has 0 heterocycles. The van der Waals surface area contributed by atoms with E-state index in [1.165, 1.54) is 0 Å². The van der Waals surface area contributed by atoms with Crippen LogP contribution < -0.4 is 10.1 Å². The molecule has 0 spiro atoms. The molecule has 0 amide bonds. The van der Waals surface area contributed by atoms with E-state index in [2.05, 4.69) is 5.32 Å². The zero-order valence-electron chi connectivity index (χ0n) is 11.4. The van der Waals surface area contributed by atoms with Crippen LogP contribution in [0.25, 0.3) is 0 Å². The zero-order valence-corrected chi connectivity index (χ0v) is 11.4. The maximum atomic E-state index is 11.5. The van der Waals surface area contributed by atoms with Crippen molar-refractivity contribution in [2.45, 2.75) is 32.9 Å². The summed E-state index contributed by atoms with van der Waals surface area (Å²) in [4.78, 5) is 11.5. The molecule has 2 atom stereocenters. The number of esters is 1. The normalized spacial score (nSPS) is 13.8. The summed E-state index contributed by atoms with van der Waals surface area (Å²) in [5.41, 5.74) is 1.02. The maximum Gasteiger partial charge on any atom is 0.322 e. The second kappa shape index (κ2) is 7.01. The van der Waals surface area contributed by atoms with E-state index in [1.807, 2.05) is 31.2 Å². The van der Waals surface area contributed by atoms with Crippen LogP contribution in [0.2, 0.25) is 0 Å². The zero-order chi connectivity index (χ0) is 13.5. The number of methoxy groups -OCH3 is 1. The summed E-state index contributed by atoms with van der Waals surface area (Å²) in [6, 6.07) is 7.43. The Kier molecular flexibility index (Phi) is 5.65. The standard InChI is InChI=1S/C14H21NO3/c1-5-18-14(16)11(3)15-10(2)12-8-6-7-9-13(12)17-4/h6-11,15H,5H2,1-4H3. The minimum Gasteiger partial charge on any atom is -0.496 e. The number of carbonyl (C=O) groups is 1. The van der Waals surface area contributed by atoms with E-state index in [-0.39, 0.29) is 18.1 Å². The molecule has 1 aromatic carbocycles. The molecule has 1 rings (SSSR count). The summed E-state index contributed by atoms with van der Waals surface area (Å²) in [5.74, 6) is 0.577. The average molecular weight is 251 g/mol. The first kappa shape index (κ1) is 14.5. The van der Waals surface area contributed by atoms with Crippen LogP contribution in [-0.4, -0.2) is 25.7 Å². The van der Waals surface area contributed by atoms with E-state index >= 15 is 0 Å². The Balaban J connectivity index is 2.70. The predicted octanol–water partition coefficient (Wildman–Crippen LogP) is 2.30. The number of hydrogen-bond acceptors (Lipinski definition) is 4. The molecule has 0 saturated heterocycles. The Morgan fingerprint density at radius 3 is 2.61 bits per heavy atom. The minimum absolute atomic E-state index is 0.0144. The lowest BCUT2D eigenvalue weighted by molar-refractivity contribution is -0.145. The van der Waals surface area contributed by atoms with Gasteiger partial charge in [-0.25, -0.2) is 0 Å². The van der Waals surface area contributed by atoms with Crippen LogP contribution in [0.4, 0.5) is 0 Å². The smallest absolute Gasteiger partial charge is 0.322 e. The molecule has 2 unspecified atom stereocenters. The molecule has 18 heavy (non-hydrogen) atoms. The van der Waals surface area contributed by atoms with Crippen molar-refractivity contribution in [2.75, 3.05) is 13.7 Å². The van der Waals surface area contributed by atoms with Crippen LogP contribution in [0.5, 0.6) is 5.75 Å². The Bertz CT molecular complexity index is 392. The fraction of sp³-hybridized carbons (Fsp3) is 0.500. The first-order valence-electron chi connectivity index (χ1n) is 6.15. The van der Waals surface area contributed by atoms with Crippen molar-refractivity contribution in [2.24, 2.45) is 0 Å². The minimum atomic E-state index is -0.343. The van der Waals surface area contributed by atoms with Gasteiger partial charge in [-0.2, -0.15) is 0 Å². The van der Waals surface area contributed by atoms with Gasteiger partial charge in [0.05, 0.1) is 13.7 Å². The van der Waals surface area contributed by atoms with Crippen LogP contribution in [0.15, 0.2) is 24.3 Å². The Labute approximate surface area is 108 Å². The molecule has 0 saturated carbocycles. The van der Waals surface area contributed by atoms with Gasteiger partial charge < -0.3 is 9.47 Å². The van der Waals surface area contributed by atoms with E-state index in [9.17, 15) is 4.79 Å². The molecular weight excluding hydrogens is 230 g/mol. The van der Waals surface area contributed by atoms with Crippen molar-refractivity contribution in [3.05, 3.63) is 29.8 Å². The monoisotopic (exact) mass is 251 g/mol. The number of rotatable bonds is 6. The van der Waals surface area contributed by atoms with Crippen LogP contribution in [0.1, 0.15) is 32.4 Å². The molecule has 1 N–H and O–H groups in total. The third kappa shape index (κ3) is 3.74. The van der Waals surface area contributed by atoms with Crippen molar-refractivity contribution < 1.29 is 14.3 Å². The molecule has 0 fully saturated rings. The lowest BCUT2D eigenvalue weighted by Gasteiger charge is -2.20. The molecular formula is C14H21NO3. The number of hydrogen-bond donors (Lipinski definition) is 1. The van der Waals surface area contributed by atoms with Gasteiger partial charge in [-0.3, -0.25) is 10.1 Å². The highest BCUT2D eigenvalue weighted by Crippen LogP contribution is 2.24. The van der Waals surface area contributed by atoms with E-state index in [0.717, 1.165) is 11.3 Å². The fourth-order valence-electron chi connectivity index (χ4n) is 1.82. The average Bonchev–Trinajstić information content (AvgIpc) is 2.38. The molecule has 4 nitrogen and oxygen atoms in total. The van der Waals surface area contributed by atoms with Crippen molar-refractivity contribution in [1.82, 2.24) is 5.32 Å². The van der Waals surface area contributed by atoms with Crippen LogP contribution >= 0.6 is 0 Å². The van der Waals surface area contributed by atoms with E-state index in [0.29, 0.717) is 6.61 Å². The molecule has 4 heteroatoms. The third-order valence-electron chi connectivity index (χ3n) is 2.75. The number of nitrogens with one attached hydrogen (secondary N) is 1. The molecule has 0 aliphatic rings. The van der Waals surface area contributed by atoms with Gasteiger partial charge in [0.15, 0.2) is 0 Å². The summed E-state index contributed by atoms with van der Waals surface area (Å²) in [6.45, 7) is 5.99. The Morgan fingerprint density at radius 2 is 2.00 bits per heavy atom. The van der Waals surface area contributed by atoms with Gasteiger partial charge in [-0.05, 0) is 26.8 Å². The number of carbonyl (C=O) groups excluding carboxylic acids is 1. The van der Waals surface area contributed by atoms with Crippen LogP contribution in [-0.2, 0) is 9.53 Å². The van der Waals surface area contributed by atoms with Gasteiger partial charge in [-0.15, -0.1) is 0 Å². The van der Waals surface area contributed by atoms with Crippen LogP contribution in [0.3, 0.4) is 0 Å². The van der Waals surface area contributed by atoms with Crippen molar-refractivity contribution in [1.29, 1.82) is 0 Å². The third-order valence-corrected chi connectivity index (χ3v) is 2.75. The largest absolute Gasteiger partial charge is 0.496 e. The highest BCUT2D eigenvalue weighted by molar-refractivity contribution is 5.75. The van der Waals surface area contributed by atoms with E-state index in [1.54, 1.807) is 21.0 Å². The molecule has 0 radical (unpaired) electrons. The second-order valence-corrected chi connectivity index (χ2v) is 4.10. The number of ether oxygens (including phenoxy) is 2. The molecule has 0 bridgehead atoms. The SMILES string of the molecule is CCOC(=O)C(C)NC(C)c1ccccc1OC. The quantitative estimate of drug-likeness (QED) is 0.788. The van der Waals surface area contributed by atoms with Gasteiger partial charge in [0.25, 0.3) is 0 Å². The highest BCUT2D eigenvalue weighted by atomic mass is 16.5. The lowest BCUT2D eigenvalue weighted by Crippen LogP contribution is -2.37. The Morgan fingerprint density at radius 1 is 1.33 bits per heavy atom. The highest BCUT2D eigenvalue weighted by Gasteiger charge is 2.18. The van der Waals surface area contributed by atoms with Gasteiger partial charge >= 0.3 is 5.97 Å². The van der Waals surface area contributed by atoms with Crippen molar-refractivity contribution >= 4 is 5.97 Å². The predicted molar refractivity (Wildman–Crippen MR) is 70.6 cm³/mol. The molecule has 0 aliphatic heterocycles. The lowest BCUT2D eigenvalue weighted by atomic mass is 10.1. The van der Waals surface area contributed by atoms with Crippen LogP contribution in [0, 0.1) is 0 Å². The fourth-order valence-corrected chi connectivity index (χ4v) is 1.82. The van der Waals surface area contributed by atoms with Gasteiger partial charge in [0.2, 0.25) is 0 Å². The molecule has 100 valence electrons. The molecule has 0 aromatic heterocycles.